The second kappa shape index (κ2) is 8.02. The van der Waals surface area contributed by atoms with Crippen molar-refractivity contribution < 1.29 is 9.90 Å². The lowest BCUT2D eigenvalue weighted by atomic mass is 9.86. The Morgan fingerprint density at radius 2 is 1.95 bits per heavy atom. The number of aliphatic hydroxyl groups is 1. The molecular formula is C16H21Cl2NO2. The fraction of sp³-hybridized carbons (Fsp3) is 0.562. The maximum atomic E-state index is 12.0. The first-order valence-corrected chi connectivity index (χ1v) is 8.19. The second-order valence-electron chi connectivity index (χ2n) is 5.68. The van der Waals surface area contributed by atoms with Crippen molar-refractivity contribution in [1.29, 1.82) is 0 Å². The smallest absolute Gasteiger partial charge is 0.220 e. The van der Waals surface area contributed by atoms with Gasteiger partial charge in [-0.05, 0) is 49.7 Å². The number of benzene rings is 1. The molecule has 2 N–H and O–H groups in total. The predicted molar refractivity (Wildman–Crippen MR) is 85.8 cm³/mol. The number of carbonyl (C=O) groups excluding carboxylic acids is 1. The zero-order valence-electron chi connectivity index (χ0n) is 11.9. The van der Waals surface area contributed by atoms with Crippen LogP contribution in [0.3, 0.4) is 0 Å². The number of carbonyl (C=O) groups is 1. The van der Waals surface area contributed by atoms with E-state index in [1.165, 1.54) is 0 Å². The third-order valence-electron chi connectivity index (χ3n) is 4.12. The van der Waals surface area contributed by atoms with Crippen LogP contribution in [-0.2, 0) is 11.2 Å². The van der Waals surface area contributed by atoms with Crippen LogP contribution in [0.15, 0.2) is 18.2 Å². The van der Waals surface area contributed by atoms with Crippen LogP contribution < -0.4 is 5.32 Å². The molecule has 0 spiro atoms. The predicted octanol–water partition coefficient (Wildman–Crippen LogP) is 3.59. The van der Waals surface area contributed by atoms with Crippen LogP contribution >= 0.6 is 23.2 Å². The highest BCUT2D eigenvalue weighted by molar-refractivity contribution is 6.42. The number of hydrogen-bond acceptors (Lipinski definition) is 2. The monoisotopic (exact) mass is 329 g/mol. The Bertz CT molecular complexity index is 485. The molecule has 1 aromatic carbocycles. The summed E-state index contributed by atoms with van der Waals surface area (Å²) in [7, 11) is 0. The van der Waals surface area contributed by atoms with Crippen molar-refractivity contribution in [3.63, 3.8) is 0 Å². The minimum Gasteiger partial charge on any atom is -0.396 e. The van der Waals surface area contributed by atoms with E-state index < -0.39 is 0 Å². The quantitative estimate of drug-likeness (QED) is 0.867. The van der Waals surface area contributed by atoms with Crippen LogP contribution in [0.1, 0.15) is 37.7 Å². The number of aliphatic hydroxyl groups excluding tert-OH is 1. The molecule has 0 unspecified atom stereocenters. The zero-order valence-corrected chi connectivity index (χ0v) is 13.5. The second-order valence-corrected chi connectivity index (χ2v) is 6.47. The van der Waals surface area contributed by atoms with Gasteiger partial charge in [-0.15, -0.1) is 0 Å². The molecule has 0 bridgehead atoms. The van der Waals surface area contributed by atoms with E-state index in [4.69, 9.17) is 28.3 Å². The summed E-state index contributed by atoms with van der Waals surface area (Å²) in [5.74, 6) is 0.460. The van der Waals surface area contributed by atoms with Gasteiger partial charge in [0.1, 0.15) is 0 Å². The van der Waals surface area contributed by atoms with Crippen LogP contribution in [0.5, 0.6) is 0 Å². The first-order valence-electron chi connectivity index (χ1n) is 7.43. The largest absolute Gasteiger partial charge is 0.396 e. The average molecular weight is 330 g/mol. The minimum absolute atomic E-state index is 0.0542. The maximum Gasteiger partial charge on any atom is 0.220 e. The van der Waals surface area contributed by atoms with Gasteiger partial charge in [0.25, 0.3) is 0 Å². The maximum absolute atomic E-state index is 12.0. The number of hydrogen-bond donors (Lipinski definition) is 2. The standard InChI is InChI=1S/C16H21Cl2NO2/c17-14-3-1-2-12(16(14)18)6-9-15(21)19-13-7-4-11(10-20)5-8-13/h1-3,11,13,20H,4-10H2,(H,19,21). The van der Waals surface area contributed by atoms with Crippen molar-refractivity contribution in [1.82, 2.24) is 5.32 Å². The Labute approximate surface area is 135 Å². The third-order valence-corrected chi connectivity index (χ3v) is 4.98. The first kappa shape index (κ1) is 16.6. The van der Waals surface area contributed by atoms with E-state index in [1.54, 1.807) is 6.07 Å². The zero-order chi connectivity index (χ0) is 15.2. The molecule has 0 saturated heterocycles. The molecule has 2 rings (SSSR count). The van der Waals surface area contributed by atoms with Crippen LogP contribution in [0.25, 0.3) is 0 Å². The van der Waals surface area contributed by atoms with Gasteiger partial charge < -0.3 is 10.4 Å². The van der Waals surface area contributed by atoms with E-state index in [1.807, 2.05) is 12.1 Å². The van der Waals surface area contributed by atoms with Crippen molar-refractivity contribution in [3.05, 3.63) is 33.8 Å². The average Bonchev–Trinajstić information content (AvgIpc) is 2.49. The molecule has 0 aliphatic heterocycles. The lowest BCUT2D eigenvalue weighted by Gasteiger charge is -2.28. The number of halogens is 2. The van der Waals surface area contributed by atoms with Gasteiger partial charge in [0.15, 0.2) is 0 Å². The Kier molecular flexibility index (Phi) is 6.34. The van der Waals surface area contributed by atoms with Gasteiger partial charge in [-0.3, -0.25) is 4.79 Å². The van der Waals surface area contributed by atoms with E-state index in [2.05, 4.69) is 5.32 Å². The van der Waals surface area contributed by atoms with Gasteiger partial charge in [-0.25, -0.2) is 0 Å². The summed E-state index contributed by atoms with van der Waals surface area (Å²) in [5.41, 5.74) is 0.906. The topological polar surface area (TPSA) is 49.3 Å². The molecule has 1 saturated carbocycles. The lowest BCUT2D eigenvalue weighted by molar-refractivity contribution is -0.122. The molecule has 116 valence electrons. The van der Waals surface area contributed by atoms with E-state index >= 15 is 0 Å². The molecule has 3 nitrogen and oxygen atoms in total. The molecule has 1 aliphatic rings. The summed E-state index contributed by atoms with van der Waals surface area (Å²) in [4.78, 5) is 12.0. The summed E-state index contributed by atoms with van der Waals surface area (Å²) < 4.78 is 0. The Hall–Kier alpha value is -0.770. The fourth-order valence-electron chi connectivity index (χ4n) is 2.78. The summed E-state index contributed by atoms with van der Waals surface area (Å²) in [6.45, 7) is 0.258. The van der Waals surface area contributed by atoms with Crippen molar-refractivity contribution in [2.45, 2.75) is 44.6 Å². The minimum atomic E-state index is 0.0542. The highest BCUT2D eigenvalue weighted by atomic mass is 35.5. The highest BCUT2D eigenvalue weighted by Gasteiger charge is 2.21. The van der Waals surface area contributed by atoms with E-state index in [-0.39, 0.29) is 18.6 Å². The van der Waals surface area contributed by atoms with Crippen molar-refractivity contribution in [2.75, 3.05) is 6.61 Å². The van der Waals surface area contributed by atoms with Crippen LogP contribution in [0.2, 0.25) is 10.0 Å². The van der Waals surface area contributed by atoms with Crippen LogP contribution in [0, 0.1) is 5.92 Å². The van der Waals surface area contributed by atoms with Gasteiger partial charge in [0.2, 0.25) is 5.91 Å². The van der Waals surface area contributed by atoms with Gasteiger partial charge in [0, 0.05) is 19.1 Å². The third kappa shape index (κ3) is 4.87. The van der Waals surface area contributed by atoms with Gasteiger partial charge in [-0.1, -0.05) is 35.3 Å². The molecule has 0 atom stereocenters. The summed E-state index contributed by atoms with van der Waals surface area (Å²) in [5, 5.41) is 13.2. The number of nitrogens with one attached hydrogen (secondary N) is 1. The normalized spacial score (nSPS) is 22.0. The molecule has 1 amide bonds. The fourth-order valence-corrected chi connectivity index (χ4v) is 3.19. The van der Waals surface area contributed by atoms with Crippen molar-refractivity contribution in [2.24, 2.45) is 5.92 Å². The van der Waals surface area contributed by atoms with Gasteiger partial charge in [-0.2, -0.15) is 0 Å². The molecular weight excluding hydrogens is 309 g/mol. The molecule has 0 radical (unpaired) electrons. The number of amides is 1. The van der Waals surface area contributed by atoms with E-state index in [0.717, 1.165) is 31.2 Å². The Morgan fingerprint density at radius 1 is 1.24 bits per heavy atom. The lowest BCUT2D eigenvalue weighted by Crippen LogP contribution is -2.38. The summed E-state index contributed by atoms with van der Waals surface area (Å²) in [6, 6.07) is 5.73. The van der Waals surface area contributed by atoms with Crippen LogP contribution in [0.4, 0.5) is 0 Å². The van der Waals surface area contributed by atoms with E-state index in [0.29, 0.717) is 28.8 Å². The number of rotatable bonds is 5. The van der Waals surface area contributed by atoms with Crippen molar-refractivity contribution >= 4 is 29.1 Å². The Balaban J connectivity index is 1.76. The molecule has 1 aliphatic carbocycles. The van der Waals surface area contributed by atoms with Crippen LogP contribution in [-0.4, -0.2) is 23.7 Å². The summed E-state index contributed by atoms with van der Waals surface area (Å²) >= 11 is 12.1. The molecule has 1 aromatic rings. The first-order chi connectivity index (χ1) is 10.1. The van der Waals surface area contributed by atoms with Crippen molar-refractivity contribution in [3.8, 4) is 0 Å². The Morgan fingerprint density at radius 3 is 2.62 bits per heavy atom. The molecule has 1 fully saturated rings. The highest BCUT2D eigenvalue weighted by Crippen LogP contribution is 2.27. The molecule has 0 aromatic heterocycles. The summed E-state index contributed by atoms with van der Waals surface area (Å²) in [6.07, 6.45) is 4.89. The molecule has 0 heterocycles. The SMILES string of the molecule is O=C(CCc1cccc(Cl)c1Cl)NC1CCC(CO)CC1. The van der Waals surface area contributed by atoms with E-state index in [9.17, 15) is 4.79 Å². The van der Waals surface area contributed by atoms with Gasteiger partial charge in [0.05, 0.1) is 10.0 Å². The molecule has 5 heteroatoms. The number of aryl methyl sites for hydroxylation is 1. The molecule has 21 heavy (non-hydrogen) atoms. The van der Waals surface area contributed by atoms with Gasteiger partial charge >= 0.3 is 0 Å².